The fraction of sp³-hybridized carbons (Fsp3) is 0.250. The molecule has 0 saturated carbocycles. The number of aromatic nitrogens is 2. The van der Waals surface area contributed by atoms with E-state index in [0.717, 1.165) is 6.42 Å². The van der Waals surface area contributed by atoms with E-state index in [2.05, 4.69) is 26.0 Å². The van der Waals surface area contributed by atoms with Gasteiger partial charge in [0, 0.05) is 17.7 Å². The van der Waals surface area contributed by atoms with E-state index in [4.69, 9.17) is 11.6 Å². The standard InChI is InChI=1S/C16H18ClN5O3/c1-3-4-14(24)19-10-5-6-13(23)11(7-10)9(2)20-21-12-8-18-22-16(25)15(12)17/h5-8,23H,3-4H2,1-2H3,(H,19,24)(H2,21,22,25)/b20-9+. The number of carbonyl (C=O) groups is 1. The number of aromatic amines is 1. The molecular weight excluding hydrogens is 346 g/mol. The predicted octanol–water partition coefficient (Wildman–Crippen LogP) is 2.70. The van der Waals surface area contributed by atoms with Crippen molar-refractivity contribution in [2.45, 2.75) is 26.7 Å². The fourth-order valence-corrected chi connectivity index (χ4v) is 2.15. The van der Waals surface area contributed by atoms with Crippen LogP contribution in [0, 0.1) is 0 Å². The Hall–Kier alpha value is -2.87. The third-order valence-electron chi connectivity index (χ3n) is 3.29. The van der Waals surface area contributed by atoms with Crippen LogP contribution in [0.2, 0.25) is 5.02 Å². The van der Waals surface area contributed by atoms with E-state index in [-0.39, 0.29) is 22.4 Å². The minimum atomic E-state index is -0.539. The third kappa shape index (κ3) is 4.80. The Balaban J connectivity index is 2.22. The van der Waals surface area contributed by atoms with Crippen LogP contribution >= 0.6 is 11.6 Å². The Morgan fingerprint density at radius 3 is 2.92 bits per heavy atom. The number of hydrazone groups is 1. The molecule has 0 radical (unpaired) electrons. The summed E-state index contributed by atoms with van der Waals surface area (Å²) in [6, 6.07) is 4.68. The summed E-state index contributed by atoms with van der Waals surface area (Å²) in [7, 11) is 0. The number of halogens is 1. The number of amides is 1. The van der Waals surface area contributed by atoms with Crippen molar-refractivity contribution in [1.29, 1.82) is 0 Å². The van der Waals surface area contributed by atoms with E-state index < -0.39 is 5.56 Å². The van der Waals surface area contributed by atoms with Gasteiger partial charge in [0.15, 0.2) is 0 Å². The second-order valence-corrected chi connectivity index (χ2v) is 5.64. The van der Waals surface area contributed by atoms with Crippen LogP contribution in [-0.4, -0.2) is 26.9 Å². The first-order valence-corrected chi connectivity index (χ1v) is 7.97. The van der Waals surface area contributed by atoms with Crippen LogP contribution in [0.4, 0.5) is 11.4 Å². The SMILES string of the molecule is CCCC(=O)Nc1ccc(O)c(/C(C)=N/Nc2cn[nH]c(=O)c2Cl)c1. The van der Waals surface area contributed by atoms with Crippen molar-refractivity contribution in [1.82, 2.24) is 10.2 Å². The molecule has 132 valence electrons. The molecule has 2 rings (SSSR count). The van der Waals surface area contributed by atoms with Crippen LogP contribution in [0.25, 0.3) is 0 Å². The lowest BCUT2D eigenvalue weighted by Crippen LogP contribution is -2.12. The molecule has 1 heterocycles. The first-order chi connectivity index (χ1) is 11.9. The number of rotatable bonds is 6. The summed E-state index contributed by atoms with van der Waals surface area (Å²) in [6.07, 6.45) is 2.48. The van der Waals surface area contributed by atoms with Crippen LogP contribution in [0.15, 0.2) is 34.3 Å². The topological polar surface area (TPSA) is 119 Å². The van der Waals surface area contributed by atoms with Crippen LogP contribution in [0.3, 0.4) is 0 Å². The second-order valence-electron chi connectivity index (χ2n) is 5.27. The molecule has 0 atom stereocenters. The molecule has 0 spiro atoms. The number of benzene rings is 1. The van der Waals surface area contributed by atoms with Gasteiger partial charge in [-0.15, -0.1) is 0 Å². The maximum Gasteiger partial charge on any atom is 0.285 e. The number of phenols is 1. The van der Waals surface area contributed by atoms with E-state index in [1.807, 2.05) is 6.92 Å². The monoisotopic (exact) mass is 363 g/mol. The minimum Gasteiger partial charge on any atom is -0.507 e. The van der Waals surface area contributed by atoms with E-state index in [1.165, 1.54) is 12.3 Å². The summed E-state index contributed by atoms with van der Waals surface area (Å²) < 4.78 is 0. The summed E-state index contributed by atoms with van der Waals surface area (Å²) in [5.41, 5.74) is 3.74. The largest absolute Gasteiger partial charge is 0.507 e. The summed E-state index contributed by atoms with van der Waals surface area (Å²) in [5.74, 6) is -0.0973. The maximum atomic E-state index is 11.7. The Morgan fingerprint density at radius 2 is 2.20 bits per heavy atom. The van der Waals surface area contributed by atoms with Crippen LogP contribution in [0.5, 0.6) is 5.75 Å². The molecule has 1 aromatic heterocycles. The molecule has 0 fully saturated rings. The van der Waals surface area contributed by atoms with Gasteiger partial charge >= 0.3 is 0 Å². The summed E-state index contributed by atoms with van der Waals surface area (Å²) in [6.45, 7) is 3.58. The zero-order valence-corrected chi connectivity index (χ0v) is 14.5. The van der Waals surface area contributed by atoms with Crippen molar-refractivity contribution in [3.8, 4) is 5.75 Å². The van der Waals surface area contributed by atoms with Crippen LogP contribution in [0.1, 0.15) is 32.3 Å². The van der Waals surface area contributed by atoms with Gasteiger partial charge in [-0.3, -0.25) is 15.0 Å². The third-order valence-corrected chi connectivity index (χ3v) is 3.66. The van der Waals surface area contributed by atoms with Crippen molar-refractivity contribution in [2.75, 3.05) is 10.7 Å². The molecule has 0 aliphatic heterocycles. The number of hydrogen-bond donors (Lipinski definition) is 4. The lowest BCUT2D eigenvalue weighted by molar-refractivity contribution is -0.116. The van der Waals surface area contributed by atoms with Gasteiger partial charge in [-0.2, -0.15) is 10.2 Å². The molecule has 1 aromatic carbocycles. The van der Waals surface area contributed by atoms with E-state index in [0.29, 0.717) is 23.4 Å². The molecule has 4 N–H and O–H groups in total. The average molecular weight is 364 g/mol. The molecule has 9 heteroatoms. The van der Waals surface area contributed by atoms with Gasteiger partial charge in [0.05, 0.1) is 11.9 Å². The molecule has 2 aromatic rings. The van der Waals surface area contributed by atoms with Crippen molar-refractivity contribution in [3.63, 3.8) is 0 Å². The number of nitrogens with one attached hydrogen (secondary N) is 3. The highest BCUT2D eigenvalue weighted by molar-refractivity contribution is 6.32. The lowest BCUT2D eigenvalue weighted by atomic mass is 10.1. The maximum absolute atomic E-state index is 11.7. The van der Waals surface area contributed by atoms with E-state index in [9.17, 15) is 14.7 Å². The van der Waals surface area contributed by atoms with E-state index >= 15 is 0 Å². The van der Waals surface area contributed by atoms with Crippen molar-refractivity contribution < 1.29 is 9.90 Å². The highest BCUT2D eigenvalue weighted by atomic mass is 35.5. The zero-order chi connectivity index (χ0) is 18.4. The van der Waals surface area contributed by atoms with Gasteiger partial charge in [0.25, 0.3) is 5.56 Å². The Bertz CT molecular complexity index is 863. The number of nitrogens with zero attached hydrogens (tertiary/aromatic N) is 2. The van der Waals surface area contributed by atoms with E-state index in [1.54, 1.807) is 19.1 Å². The fourth-order valence-electron chi connectivity index (χ4n) is 2.02. The van der Waals surface area contributed by atoms with Gasteiger partial charge in [0.2, 0.25) is 5.91 Å². The highest BCUT2D eigenvalue weighted by Gasteiger charge is 2.09. The van der Waals surface area contributed by atoms with Gasteiger partial charge in [-0.05, 0) is 31.5 Å². The average Bonchev–Trinajstić information content (AvgIpc) is 2.58. The molecule has 0 unspecified atom stereocenters. The quantitative estimate of drug-likeness (QED) is 0.357. The van der Waals surface area contributed by atoms with Crippen LogP contribution in [-0.2, 0) is 4.79 Å². The summed E-state index contributed by atoms with van der Waals surface area (Å²) in [4.78, 5) is 23.1. The van der Waals surface area contributed by atoms with Gasteiger partial charge in [-0.1, -0.05) is 18.5 Å². The number of phenolic OH excluding ortho intramolecular Hbond substituents is 1. The first-order valence-electron chi connectivity index (χ1n) is 7.59. The van der Waals surface area contributed by atoms with Gasteiger partial charge in [-0.25, -0.2) is 5.10 Å². The minimum absolute atomic E-state index is 0.00618. The number of aromatic hydroxyl groups is 1. The Labute approximate surface area is 148 Å². The number of carbonyl (C=O) groups excluding carboxylic acids is 1. The predicted molar refractivity (Wildman–Crippen MR) is 97.3 cm³/mol. The molecule has 0 saturated heterocycles. The Morgan fingerprint density at radius 1 is 1.44 bits per heavy atom. The summed E-state index contributed by atoms with van der Waals surface area (Å²) >= 11 is 5.85. The molecule has 0 bridgehead atoms. The number of H-pyrrole nitrogens is 1. The smallest absolute Gasteiger partial charge is 0.285 e. The van der Waals surface area contributed by atoms with Crippen molar-refractivity contribution in [3.05, 3.63) is 45.3 Å². The van der Waals surface area contributed by atoms with Gasteiger partial charge < -0.3 is 10.4 Å². The molecule has 0 aliphatic rings. The second kappa shape index (κ2) is 8.29. The molecule has 8 nitrogen and oxygen atoms in total. The normalized spacial score (nSPS) is 11.2. The number of hydrogen-bond acceptors (Lipinski definition) is 6. The summed E-state index contributed by atoms with van der Waals surface area (Å²) in [5, 5.41) is 22.6. The Kier molecular flexibility index (Phi) is 6.13. The number of anilines is 2. The molecular formula is C16H18ClN5O3. The first kappa shape index (κ1) is 18.5. The molecule has 25 heavy (non-hydrogen) atoms. The molecule has 1 amide bonds. The lowest BCUT2D eigenvalue weighted by Gasteiger charge is -2.09. The van der Waals surface area contributed by atoms with Gasteiger partial charge in [0.1, 0.15) is 16.5 Å². The molecule has 0 aliphatic carbocycles. The highest BCUT2D eigenvalue weighted by Crippen LogP contribution is 2.23. The zero-order valence-electron chi connectivity index (χ0n) is 13.8. The van der Waals surface area contributed by atoms with Crippen molar-refractivity contribution in [2.24, 2.45) is 5.10 Å². The van der Waals surface area contributed by atoms with Crippen molar-refractivity contribution >= 4 is 34.6 Å². The van der Waals surface area contributed by atoms with Crippen LogP contribution < -0.4 is 16.3 Å².